The number of hydrogen-bond donors (Lipinski definition) is 1. The van der Waals surface area contributed by atoms with Crippen molar-refractivity contribution in [2.45, 2.75) is 6.92 Å². The number of benzene rings is 2. The summed E-state index contributed by atoms with van der Waals surface area (Å²) in [5.41, 5.74) is 1.94. The molecule has 0 fully saturated rings. The second-order valence-corrected chi connectivity index (χ2v) is 5.48. The average Bonchev–Trinajstić information content (AvgIpc) is 2.58. The first-order valence-corrected chi connectivity index (χ1v) is 7.97. The van der Waals surface area contributed by atoms with Crippen LogP contribution in [0.15, 0.2) is 48.5 Å². The highest BCUT2D eigenvalue weighted by Gasteiger charge is 2.02. The predicted molar refractivity (Wildman–Crippen MR) is 94.2 cm³/mol. The molecule has 5 heteroatoms. The van der Waals surface area contributed by atoms with Crippen LogP contribution in [0.5, 0.6) is 5.75 Å². The molecule has 0 saturated carbocycles. The molecule has 0 atom stereocenters. The smallest absolute Gasteiger partial charge is 0.216 e. The molecular formula is C19H20N2O3. The molecule has 0 spiro atoms. The number of nitrogens with zero attached hydrogens (tertiary/aromatic N) is 1. The summed E-state index contributed by atoms with van der Waals surface area (Å²) < 4.78 is 11.1. The van der Waals surface area contributed by atoms with Crippen LogP contribution in [0.2, 0.25) is 0 Å². The van der Waals surface area contributed by atoms with E-state index < -0.39 is 0 Å². The highest BCUT2D eigenvalue weighted by atomic mass is 16.5. The van der Waals surface area contributed by atoms with Crippen LogP contribution in [0.4, 0.5) is 0 Å². The Morgan fingerprint density at radius 1 is 1.00 bits per heavy atom. The molecular weight excluding hydrogens is 304 g/mol. The minimum atomic E-state index is -0.0489. The van der Waals surface area contributed by atoms with Crippen molar-refractivity contribution in [2.75, 3.05) is 26.4 Å². The molecule has 1 aromatic heterocycles. The molecule has 24 heavy (non-hydrogen) atoms. The number of hydrogen-bond acceptors (Lipinski definition) is 4. The molecule has 3 rings (SSSR count). The van der Waals surface area contributed by atoms with Gasteiger partial charge in [0.1, 0.15) is 12.4 Å². The molecule has 0 aliphatic heterocycles. The number of fused-ring (bicyclic) bond motifs is 2. The Balaban J connectivity index is 1.55. The van der Waals surface area contributed by atoms with Gasteiger partial charge in [-0.1, -0.05) is 18.2 Å². The molecule has 0 aliphatic carbocycles. The van der Waals surface area contributed by atoms with Gasteiger partial charge in [-0.25, -0.2) is 4.98 Å². The monoisotopic (exact) mass is 324 g/mol. The summed E-state index contributed by atoms with van der Waals surface area (Å²) in [7, 11) is 0. The highest BCUT2D eigenvalue weighted by Crippen LogP contribution is 2.23. The summed E-state index contributed by atoms with van der Waals surface area (Å²) in [6.07, 6.45) is 0. The van der Waals surface area contributed by atoms with E-state index in [9.17, 15) is 4.79 Å². The zero-order valence-corrected chi connectivity index (χ0v) is 13.6. The van der Waals surface area contributed by atoms with Crippen molar-refractivity contribution >= 4 is 27.7 Å². The molecule has 1 heterocycles. The molecule has 0 aliphatic rings. The first-order chi connectivity index (χ1) is 11.7. The number of nitrogens with one attached hydrogen (secondary N) is 1. The third-order valence-corrected chi connectivity index (χ3v) is 3.60. The van der Waals surface area contributed by atoms with E-state index in [0.29, 0.717) is 26.4 Å². The Bertz CT molecular complexity index is 848. The second kappa shape index (κ2) is 7.75. The number of rotatable bonds is 7. The molecule has 5 nitrogen and oxygen atoms in total. The Morgan fingerprint density at radius 3 is 2.71 bits per heavy atom. The van der Waals surface area contributed by atoms with Crippen LogP contribution in [0.1, 0.15) is 6.92 Å². The Kier molecular flexibility index (Phi) is 5.23. The molecule has 1 N–H and O–H groups in total. The van der Waals surface area contributed by atoms with E-state index in [0.717, 1.165) is 27.6 Å². The fourth-order valence-corrected chi connectivity index (χ4v) is 2.47. The standard InChI is InChI=1S/C19H20N2O3/c1-14(22)20-8-9-23-10-11-24-17-6-7-19-16(13-17)12-15-4-2-3-5-18(15)21-19/h2-7,12-13H,8-11H2,1H3,(H,20,22). The predicted octanol–water partition coefficient (Wildman–Crippen LogP) is 2.92. The van der Waals surface area contributed by atoms with Crippen LogP contribution in [-0.2, 0) is 9.53 Å². The van der Waals surface area contributed by atoms with Crippen molar-refractivity contribution < 1.29 is 14.3 Å². The van der Waals surface area contributed by atoms with E-state index in [4.69, 9.17) is 9.47 Å². The van der Waals surface area contributed by atoms with Crippen LogP contribution < -0.4 is 10.1 Å². The van der Waals surface area contributed by atoms with Gasteiger partial charge < -0.3 is 14.8 Å². The van der Waals surface area contributed by atoms with E-state index >= 15 is 0 Å². The second-order valence-electron chi connectivity index (χ2n) is 5.48. The van der Waals surface area contributed by atoms with Crippen LogP contribution in [0.3, 0.4) is 0 Å². The number of carbonyl (C=O) groups is 1. The summed E-state index contributed by atoms with van der Waals surface area (Å²) >= 11 is 0. The number of aromatic nitrogens is 1. The molecule has 0 bridgehead atoms. The molecule has 2 aromatic carbocycles. The lowest BCUT2D eigenvalue weighted by Gasteiger charge is -2.09. The fraction of sp³-hybridized carbons (Fsp3) is 0.263. The minimum Gasteiger partial charge on any atom is -0.491 e. The first kappa shape index (κ1) is 16.2. The lowest BCUT2D eigenvalue weighted by atomic mass is 10.1. The fourth-order valence-electron chi connectivity index (χ4n) is 2.47. The van der Waals surface area contributed by atoms with Crippen LogP contribution >= 0.6 is 0 Å². The van der Waals surface area contributed by atoms with E-state index in [-0.39, 0.29) is 5.91 Å². The third kappa shape index (κ3) is 4.20. The van der Waals surface area contributed by atoms with Crippen molar-refractivity contribution in [3.8, 4) is 5.75 Å². The highest BCUT2D eigenvalue weighted by molar-refractivity contribution is 5.93. The van der Waals surface area contributed by atoms with Crippen molar-refractivity contribution in [2.24, 2.45) is 0 Å². The van der Waals surface area contributed by atoms with Crippen molar-refractivity contribution in [3.63, 3.8) is 0 Å². The van der Waals surface area contributed by atoms with E-state index in [1.165, 1.54) is 6.92 Å². The minimum absolute atomic E-state index is 0.0489. The van der Waals surface area contributed by atoms with Gasteiger partial charge in [0, 0.05) is 24.2 Å². The lowest BCUT2D eigenvalue weighted by Crippen LogP contribution is -2.25. The van der Waals surface area contributed by atoms with Gasteiger partial charge in [0.2, 0.25) is 5.91 Å². The maximum Gasteiger partial charge on any atom is 0.216 e. The first-order valence-electron chi connectivity index (χ1n) is 7.97. The molecule has 0 saturated heterocycles. The van der Waals surface area contributed by atoms with Crippen LogP contribution in [-0.4, -0.2) is 37.3 Å². The van der Waals surface area contributed by atoms with E-state index in [1.807, 2.05) is 36.4 Å². The van der Waals surface area contributed by atoms with Crippen LogP contribution in [0, 0.1) is 0 Å². The quantitative estimate of drug-likeness (QED) is 0.536. The Hall–Kier alpha value is -2.66. The number of carbonyl (C=O) groups excluding carboxylic acids is 1. The molecule has 0 radical (unpaired) electrons. The van der Waals surface area contributed by atoms with Gasteiger partial charge in [0.25, 0.3) is 0 Å². The van der Waals surface area contributed by atoms with Crippen molar-refractivity contribution in [3.05, 3.63) is 48.5 Å². The number of ether oxygens (including phenoxy) is 2. The maximum absolute atomic E-state index is 10.7. The average molecular weight is 324 g/mol. The van der Waals surface area contributed by atoms with Gasteiger partial charge >= 0.3 is 0 Å². The summed E-state index contributed by atoms with van der Waals surface area (Å²) in [5, 5.41) is 4.84. The van der Waals surface area contributed by atoms with Gasteiger partial charge in [0.05, 0.1) is 24.2 Å². The Labute approximate surface area is 140 Å². The van der Waals surface area contributed by atoms with E-state index in [1.54, 1.807) is 0 Å². The van der Waals surface area contributed by atoms with Crippen LogP contribution in [0.25, 0.3) is 21.8 Å². The topological polar surface area (TPSA) is 60.5 Å². The largest absolute Gasteiger partial charge is 0.491 e. The molecule has 0 unspecified atom stereocenters. The summed E-state index contributed by atoms with van der Waals surface area (Å²) in [5.74, 6) is 0.747. The summed E-state index contributed by atoms with van der Waals surface area (Å²) in [6, 6.07) is 16.1. The van der Waals surface area contributed by atoms with Gasteiger partial charge in [-0.05, 0) is 30.3 Å². The summed E-state index contributed by atoms with van der Waals surface area (Å²) in [6.45, 7) is 3.43. The lowest BCUT2D eigenvalue weighted by molar-refractivity contribution is -0.119. The van der Waals surface area contributed by atoms with Gasteiger partial charge in [-0.15, -0.1) is 0 Å². The molecule has 124 valence electrons. The Morgan fingerprint density at radius 2 is 1.83 bits per heavy atom. The van der Waals surface area contributed by atoms with Crippen molar-refractivity contribution in [1.29, 1.82) is 0 Å². The van der Waals surface area contributed by atoms with Gasteiger partial charge in [-0.2, -0.15) is 0 Å². The third-order valence-electron chi connectivity index (χ3n) is 3.60. The maximum atomic E-state index is 10.7. The zero-order valence-electron chi connectivity index (χ0n) is 13.6. The molecule has 1 amide bonds. The molecule has 3 aromatic rings. The van der Waals surface area contributed by atoms with E-state index in [2.05, 4.69) is 22.4 Å². The SMILES string of the molecule is CC(=O)NCCOCCOc1ccc2nc3ccccc3cc2c1. The number of pyridine rings is 1. The zero-order chi connectivity index (χ0) is 16.8. The summed E-state index contributed by atoms with van der Waals surface area (Å²) in [4.78, 5) is 15.4. The number of para-hydroxylation sites is 1. The number of amides is 1. The van der Waals surface area contributed by atoms with Gasteiger partial charge in [-0.3, -0.25) is 4.79 Å². The van der Waals surface area contributed by atoms with Crippen molar-refractivity contribution in [1.82, 2.24) is 10.3 Å². The van der Waals surface area contributed by atoms with Gasteiger partial charge in [0.15, 0.2) is 0 Å². The normalized spacial score (nSPS) is 10.9.